The van der Waals surface area contributed by atoms with Crippen LogP contribution in [0.15, 0.2) is 0 Å². The average molecular weight is 205 g/mol. The number of halogens is 1. The molecule has 1 heterocycles. The Hall–Kier alpha value is -0.280. The van der Waals surface area contributed by atoms with E-state index in [1.807, 2.05) is 20.8 Å². The molecule has 0 spiro atoms. The van der Waals surface area contributed by atoms with Gasteiger partial charge in [-0.15, -0.1) is 11.6 Å². The van der Waals surface area contributed by atoms with Crippen LogP contribution in [0.2, 0.25) is 0 Å². The van der Waals surface area contributed by atoms with Gasteiger partial charge in [-0.05, 0) is 27.2 Å². The fourth-order valence-electron chi connectivity index (χ4n) is 1.35. The SMILES string of the molecule is CC(C)(C)NC(=O)[C@@H]1CC(Cl)CN1. The van der Waals surface area contributed by atoms with Crippen LogP contribution in [0.3, 0.4) is 0 Å². The van der Waals surface area contributed by atoms with Gasteiger partial charge in [0.2, 0.25) is 5.91 Å². The fraction of sp³-hybridized carbons (Fsp3) is 0.889. The van der Waals surface area contributed by atoms with Crippen LogP contribution in [0, 0.1) is 0 Å². The summed E-state index contributed by atoms with van der Waals surface area (Å²) in [5, 5.41) is 6.10. The first-order valence-electron chi connectivity index (χ1n) is 4.58. The molecule has 1 aliphatic rings. The molecule has 4 heteroatoms. The van der Waals surface area contributed by atoms with E-state index >= 15 is 0 Å². The molecule has 0 bridgehead atoms. The molecule has 13 heavy (non-hydrogen) atoms. The molecule has 1 unspecified atom stereocenters. The van der Waals surface area contributed by atoms with Crippen LogP contribution in [0.25, 0.3) is 0 Å². The number of nitrogens with one attached hydrogen (secondary N) is 2. The first kappa shape index (κ1) is 10.8. The van der Waals surface area contributed by atoms with E-state index in [9.17, 15) is 4.79 Å². The van der Waals surface area contributed by atoms with Gasteiger partial charge in [0.05, 0.1) is 6.04 Å². The Morgan fingerprint density at radius 3 is 2.54 bits per heavy atom. The van der Waals surface area contributed by atoms with E-state index < -0.39 is 0 Å². The Labute approximate surface area is 84.2 Å². The molecule has 1 amide bonds. The van der Waals surface area contributed by atoms with Gasteiger partial charge in [-0.3, -0.25) is 4.79 Å². The van der Waals surface area contributed by atoms with Crippen molar-refractivity contribution in [2.75, 3.05) is 6.54 Å². The minimum atomic E-state index is -0.164. The number of carbonyl (C=O) groups is 1. The van der Waals surface area contributed by atoms with E-state index in [0.717, 1.165) is 13.0 Å². The quantitative estimate of drug-likeness (QED) is 0.623. The van der Waals surface area contributed by atoms with Crippen molar-refractivity contribution in [1.29, 1.82) is 0 Å². The predicted octanol–water partition coefficient (Wildman–Crippen LogP) is 0.870. The summed E-state index contributed by atoms with van der Waals surface area (Å²) >= 11 is 5.88. The summed E-state index contributed by atoms with van der Waals surface area (Å²) in [6, 6.07) is -0.110. The molecule has 0 aliphatic carbocycles. The highest BCUT2D eigenvalue weighted by molar-refractivity contribution is 6.21. The second-order valence-corrected chi connectivity index (χ2v) is 5.15. The third-order valence-corrected chi connectivity index (χ3v) is 2.22. The van der Waals surface area contributed by atoms with Crippen molar-refractivity contribution < 1.29 is 4.79 Å². The van der Waals surface area contributed by atoms with Crippen LogP contribution < -0.4 is 10.6 Å². The van der Waals surface area contributed by atoms with E-state index in [-0.39, 0.29) is 22.9 Å². The lowest BCUT2D eigenvalue weighted by atomic mass is 10.1. The lowest BCUT2D eigenvalue weighted by Crippen LogP contribution is -2.48. The summed E-state index contributed by atoms with van der Waals surface area (Å²) in [6.45, 7) is 6.64. The number of hydrogen-bond donors (Lipinski definition) is 2. The summed E-state index contributed by atoms with van der Waals surface area (Å²) in [5.41, 5.74) is -0.164. The zero-order chi connectivity index (χ0) is 10.1. The molecule has 76 valence electrons. The number of hydrogen-bond acceptors (Lipinski definition) is 2. The van der Waals surface area contributed by atoms with Crippen LogP contribution in [0.5, 0.6) is 0 Å². The van der Waals surface area contributed by atoms with Crippen LogP contribution in [0.4, 0.5) is 0 Å². The smallest absolute Gasteiger partial charge is 0.237 e. The first-order valence-corrected chi connectivity index (χ1v) is 5.01. The predicted molar refractivity (Wildman–Crippen MR) is 53.9 cm³/mol. The van der Waals surface area contributed by atoms with E-state index in [0.29, 0.717) is 0 Å². The van der Waals surface area contributed by atoms with E-state index in [1.165, 1.54) is 0 Å². The Bertz CT molecular complexity index is 200. The molecule has 0 aromatic heterocycles. The van der Waals surface area contributed by atoms with Crippen LogP contribution in [-0.2, 0) is 4.79 Å². The molecule has 1 fully saturated rings. The standard InChI is InChI=1S/C9H17ClN2O/c1-9(2,3)12-8(13)7-4-6(10)5-11-7/h6-7,11H,4-5H2,1-3H3,(H,12,13)/t6?,7-/m0/s1. The second kappa shape index (κ2) is 3.84. The van der Waals surface area contributed by atoms with Gasteiger partial charge < -0.3 is 10.6 Å². The highest BCUT2D eigenvalue weighted by Gasteiger charge is 2.29. The molecule has 2 atom stereocenters. The number of amides is 1. The molecule has 1 rings (SSSR count). The van der Waals surface area contributed by atoms with Gasteiger partial charge in [0.25, 0.3) is 0 Å². The maximum Gasteiger partial charge on any atom is 0.237 e. The van der Waals surface area contributed by atoms with Gasteiger partial charge in [0.15, 0.2) is 0 Å². The largest absolute Gasteiger partial charge is 0.350 e. The van der Waals surface area contributed by atoms with Crippen molar-refractivity contribution in [3.63, 3.8) is 0 Å². The minimum absolute atomic E-state index is 0.0515. The zero-order valence-corrected chi connectivity index (χ0v) is 9.11. The third kappa shape index (κ3) is 3.53. The van der Waals surface area contributed by atoms with Gasteiger partial charge in [-0.1, -0.05) is 0 Å². The summed E-state index contributed by atoms with van der Waals surface area (Å²) in [7, 11) is 0. The Balaban J connectivity index is 2.41. The third-order valence-electron chi connectivity index (χ3n) is 1.89. The van der Waals surface area contributed by atoms with Crippen LogP contribution in [0.1, 0.15) is 27.2 Å². The summed E-state index contributed by atoms with van der Waals surface area (Å²) in [5.74, 6) is 0.0515. The Morgan fingerprint density at radius 1 is 1.54 bits per heavy atom. The molecule has 0 radical (unpaired) electrons. The van der Waals surface area contributed by atoms with Gasteiger partial charge in [-0.25, -0.2) is 0 Å². The molecule has 0 saturated carbocycles. The molecule has 0 aromatic carbocycles. The maximum atomic E-state index is 11.6. The highest BCUT2D eigenvalue weighted by atomic mass is 35.5. The first-order chi connectivity index (χ1) is 5.88. The van der Waals surface area contributed by atoms with Crippen molar-refractivity contribution in [2.24, 2.45) is 0 Å². The van der Waals surface area contributed by atoms with E-state index in [2.05, 4.69) is 10.6 Å². The number of alkyl halides is 1. The Kier molecular flexibility index (Phi) is 3.19. The summed E-state index contributed by atoms with van der Waals surface area (Å²) < 4.78 is 0. The summed E-state index contributed by atoms with van der Waals surface area (Å²) in [6.07, 6.45) is 0.726. The van der Waals surface area contributed by atoms with Crippen molar-refractivity contribution in [3.8, 4) is 0 Å². The molecule has 3 nitrogen and oxygen atoms in total. The van der Waals surface area contributed by atoms with E-state index in [4.69, 9.17) is 11.6 Å². The molecule has 1 aliphatic heterocycles. The fourth-order valence-corrected chi connectivity index (χ4v) is 1.62. The number of rotatable bonds is 1. The molecular weight excluding hydrogens is 188 g/mol. The topological polar surface area (TPSA) is 41.1 Å². The molecule has 2 N–H and O–H groups in total. The minimum Gasteiger partial charge on any atom is -0.350 e. The molecule has 1 saturated heterocycles. The van der Waals surface area contributed by atoms with Crippen molar-refractivity contribution in [1.82, 2.24) is 10.6 Å². The molecule has 0 aromatic rings. The van der Waals surface area contributed by atoms with Crippen molar-refractivity contribution >= 4 is 17.5 Å². The van der Waals surface area contributed by atoms with Gasteiger partial charge in [0.1, 0.15) is 0 Å². The lowest BCUT2D eigenvalue weighted by molar-refractivity contribution is -0.124. The van der Waals surface area contributed by atoms with Crippen LogP contribution >= 0.6 is 11.6 Å². The monoisotopic (exact) mass is 204 g/mol. The normalized spacial score (nSPS) is 28.9. The van der Waals surface area contributed by atoms with Crippen molar-refractivity contribution in [3.05, 3.63) is 0 Å². The Morgan fingerprint density at radius 2 is 2.15 bits per heavy atom. The van der Waals surface area contributed by atoms with Crippen molar-refractivity contribution in [2.45, 2.75) is 44.1 Å². The van der Waals surface area contributed by atoms with E-state index in [1.54, 1.807) is 0 Å². The van der Waals surface area contributed by atoms with Gasteiger partial charge in [-0.2, -0.15) is 0 Å². The maximum absolute atomic E-state index is 11.6. The average Bonchev–Trinajstić information content (AvgIpc) is 2.31. The lowest BCUT2D eigenvalue weighted by Gasteiger charge is -2.22. The van der Waals surface area contributed by atoms with Gasteiger partial charge >= 0.3 is 0 Å². The zero-order valence-electron chi connectivity index (χ0n) is 8.36. The highest BCUT2D eigenvalue weighted by Crippen LogP contribution is 2.13. The number of carbonyl (C=O) groups excluding carboxylic acids is 1. The molecular formula is C9H17ClN2O. The van der Waals surface area contributed by atoms with Gasteiger partial charge in [0, 0.05) is 17.5 Å². The van der Waals surface area contributed by atoms with Crippen LogP contribution in [-0.4, -0.2) is 29.4 Å². The second-order valence-electron chi connectivity index (χ2n) is 4.53. The summed E-state index contributed by atoms with van der Waals surface area (Å²) in [4.78, 5) is 11.6.